The number of halogens is 1. The number of nitrogens with zero attached hydrogens (tertiary/aromatic N) is 1. The molecule has 5 aliphatic carbocycles. The van der Waals surface area contributed by atoms with Gasteiger partial charge in [-0.25, -0.2) is 0 Å². The topological polar surface area (TPSA) is 62.2 Å². The molecule has 1 aromatic heterocycles. The van der Waals surface area contributed by atoms with E-state index in [1.54, 1.807) is 12.3 Å². The van der Waals surface area contributed by atoms with Crippen molar-refractivity contribution in [1.29, 1.82) is 0 Å². The summed E-state index contributed by atoms with van der Waals surface area (Å²) in [6.45, 7) is 0. The summed E-state index contributed by atoms with van der Waals surface area (Å²) in [6.07, 6.45) is 8.79. The molecule has 5 aliphatic rings. The first-order chi connectivity index (χ1) is 11.5. The molecule has 0 aromatic carbocycles. The van der Waals surface area contributed by atoms with Crippen LogP contribution in [-0.2, 0) is 0 Å². The first-order valence-corrected chi connectivity index (χ1v) is 9.58. The normalized spacial score (nSPS) is 39.9. The van der Waals surface area contributed by atoms with Crippen LogP contribution in [0.25, 0.3) is 0 Å². The van der Waals surface area contributed by atoms with Gasteiger partial charge >= 0.3 is 0 Å². The van der Waals surface area contributed by atoms with Crippen LogP contribution >= 0.6 is 11.6 Å². The minimum Gasteiger partial charge on any atom is -0.390 e. The van der Waals surface area contributed by atoms with E-state index in [0.717, 1.165) is 50.6 Å². The molecule has 5 heteroatoms. The summed E-state index contributed by atoms with van der Waals surface area (Å²) < 4.78 is 0. The number of aromatic nitrogens is 1. The second kappa shape index (κ2) is 5.18. The van der Waals surface area contributed by atoms with E-state index >= 15 is 0 Å². The number of hydrogen-bond donors (Lipinski definition) is 2. The molecule has 0 aliphatic heterocycles. The van der Waals surface area contributed by atoms with Gasteiger partial charge in [-0.3, -0.25) is 9.78 Å². The van der Waals surface area contributed by atoms with Crippen molar-refractivity contribution in [2.45, 2.75) is 62.5 Å². The molecule has 1 heterocycles. The third-order valence-electron chi connectivity index (χ3n) is 6.66. The fourth-order valence-electron chi connectivity index (χ4n) is 5.78. The Hall–Kier alpha value is -1.13. The van der Waals surface area contributed by atoms with Gasteiger partial charge in [-0.15, -0.1) is 0 Å². The maximum Gasteiger partial charge on any atom is 0.254 e. The number of rotatable bonds is 3. The van der Waals surface area contributed by atoms with Crippen LogP contribution in [0.1, 0.15) is 66.9 Å². The van der Waals surface area contributed by atoms with Crippen molar-refractivity contribution < 1.29 is 9.90 Å². The van der Waals surface area contributed by atoms with Crippen LogP contribution in [0.15, 0.2) is 12.3 Å². The third kappa shape index (κ3) is 2.38. The van der Waals surface area contributed by atoms with Crippen molar-refractivity contribution in [2.24, 2.45) is 17.8 Å². The minimum atomic E-state index is -0.469. The second-order valence-corrected chi connectivity index (χ2v) is 8.93. The number of amides is 1. The molecule has 24 heavy (non-hydrogen) atoms. The monoisotopic (exact) mass is 346 g/mol. The van der Waals surface area contributed by atoms with Gasteiger partial charge in [-0.2, -0.15) is 0 Å². The summed E-state index contributed by atoms with van der Waals surface area (Å²) in [6, 6.07) is 1.89. The number of carbonyl (C=O) groups is 1. The minimum absolute atomic E-state index is 0.0699. The zero-order chi connectivity index (χ0) is 16.5. The average molecular weight is 347 g/mol. The van der Waals surface area contributed by atoms with Crippen molar-refractivity contribution in [3.05, 3.63) is 28.5 Å². The van der Waals surface area contributed by atoms with Gasteiger partial charge in [0.05, 0.1) is 21.9 Å². The summed E-state index contributed by atoms with van der Waals surface area (Å²) in [4.78, 5) is 17.4. The molecule has 2 unspecified atom stereocenters. The van der Waals surface area contributed by atoms with Crippen molar-refractivity contribution in [3.63, 3.8) is 0 Å². The molecule has 1 aromatic rings. The maximum absolute atomic E-state index is 13.0. The second-order valence-electron chi connectivity index (χ2n) is 8.52. The molecule has 2 N–H and O–H groups in total. The Morgan fingerprint density at radius 2 is 1.96 bits per heavy atom. The van der Waals surface area contributed by atoms with Gasteiger partial charge in [0.2, 0.25) is 0 Å². The van der Waals surface area contributed by atoms with Crippen LogP contribution in [0, 0.1) is 17.8 Å². The number of carbonyl (C=O) groups excluding carboxylic acids is 1. The highest BCUT2D eigenvalue weighted by molar-refractivity contribution is 6.34. The molecule has 128 valence electrons. The number of nitrogens with one attached hydrogen (secondary N) is 1. The third-order valence-corrected chi connectivity index (χ3v) is 6.97. The van der Waals surface area contributed by atoms with Crippen molar-refractivity contribution in [3.8, 4) is 0 Å². The first kappa shape index (κ1) is 15.2. The molecule has 0 spiro atoms. The predicted octanol–water partition coefficient (Wildman–Crippen LogP) is 3.28. The Morgan fingerprint density at radius 1 is 1.25 bits per heavy atom. The number of aliphatic hydroxyl groups is 1. The van der Waals surface area contributed by atoms with Crippen LogP contribution in [0.4, 0.5) is 0 Å². The Labute approximate surface area is 147 Å². The Morgan fingerprint density at radius 3 is 2.58 bits per heavy atom. The lowest BCUT2D eigenvalue weighted by Gasteiger charge is -2.58. The fraction of sp³-hybridized carbons (Fsp3) is 0.684. The van der Waals surface area contributed by atoms with Gasteiger partial charge in [0.15, 0.2) is 0 Å². The Bertz CT molecular complexity index is 687. The van der Waals surface area contributed by atoms with Gasteiger partial charge in [-0.05, 0) is 68.8 Å². The zero-order valence-corrected chi connectivity index (χ0v) is 14.4. The average Bonchev–Trinajstić information content (AvgIpc) is 3.33. The molecule has 0 radical (unpaired) electrons. The Kier molecular flexibility index (Phi) is 3.27. The molecular formula is C19H23ClN2O2. The van der Waals surface area contributed by atoms with E-state index < -0.39 is 5.60 Å². The highest BCUT2D eigenvalue weighted by Gasteiger charge is 2.55. The van der Waals surface area contributed by atoms with E-state index in [1.165, 1.54) is 0 Å². The summed E-state index contributed by atoms with van der Waals surface area (Å²) in [5.74, 6) is 1.78. The summed E-state index contributed by atoms with van der Waals surface area (Å²) in [7, 11) is 0. The van der Waals surface area contributed by atoms with Gasteiger partial charge in [-0.1, -0.05) is 11.6 Å². The van der Waals surface area contributed by atoms with Gasteiger partial charge in [0.1, 0.15) is 0 Å². The van der Waals surface area contributed by atoms with E-state index in [0.29, 0.717) is 34.3 Å². The molecule has 6 rings (SSSR count). The lowest BCUT2D eigenvalue weighted by atomic mass is 9.52. The van der Waals surface area contributed by atoms with Crippen LogP contribution in [-0.4, -0.2) is 27.6 Å². The SMILES string of the molecule is O=C(NC1C2CC3CC1CC(O)(C3)C2)c1c(Cl)ccnc1C1CC1. The van der Waals surface area contributed by atoms with E-state index in [2.05, 4.69) is 10.3 Å². The van der Waals surface area contributed by atoms with Crippen molar-refractivity contribution in [1.82, 2.24) is 10.3 Å². The molecule has 4 nitrogen and oxygen atoms in total. The highest BCUT2D eigenvalue weighted by atomic mass is 35.5. The molecule has 1 amide bonds. The lowest BCUT2D eigenvalue weighted by molar-refractivity contribution is -0.136. The van der Waals surface area contributed by atoms with Gasteiger partial charge < -0.3 is 10.4 Å². The fourth-order valence-corrected chi connectivity index (χ4v) is 6.02. The van der Waals surface area contributed by atoms with Crippen LogP contribution in [0.5, 0.6) is 0 Å². The quantitative estimate of drug-likeness (QED) is 0.882. The van der Waals surface area contributed by atoms with Crippen LogP contribution in [0.2, 0.25) is 5.02 Å². The number of pyridine rings is 1. The molecule has 2 atom stereocenters. The summed E-state index contributed by atoms with van der Waals surface area (Å²) >= 11 is 6.35. The van der Waals surface area contributed by atoms with E-state index in [9.17, 15) is 9.90 Å². The molecule has 5 saturated carbocycles. The molecule has 4 bridgehead atoms. The standard InChI is InChI=1S/C19H23ClN2O2/c20-14-3-4-21-17(11-1-2-11)15(14)18(23)22-16-12-5-10-6-13(16)9-19(24,7-10)8-12/h3-4,10-13,16,24H,1-2,5-9H2,(H,22,23). The largest absolute Gasteiger partial charge is 0.390 e. The summed E-state index contributed by atoms with van der Waals surface area (Å²) in [5.41, 5.74) is 0.972. The molecular weight excluding hydrogens is 324 g/mol. The lowest BCUT2D eigenvalue weighted by Crippen LogP contribution is -2.61. The van der Waals surface area contributed by atoms with E-state index in [4.69, 9.17) is 11.6 Å². The predicted molar refractivity (Wildman–Crippen MR) is 91.0 cm³/mol. The first-order valence-electron chi connectivity index (χ1n) is 9.20. The maximum atomic E-state index is 13.0. The van der Waals surface area contributed by atoms with Gasteiger partial charge in [0.25, 0.3) is 5.91 Å². The number of hydrogen-bond acceptors (Lipinski definition) is 3. The highest BCUT2D eigenvalue weighted by Crippen LogP contribution is 2.55. The molecule has 0 saturated heterocycles. The van der Waals surface area contributed by atoms with E-state index in [1.807, 2.05) is 0 Å². The summed E-state index contributed by atoms with van der Waals surface area (Å²) in [5, 5.41) is 14.5. The van der Waals surface area contributed by atoms with Crippen LogP contribution < -0.4 is 5.32 Å². The Balaban J connectivity index is 1.40. The molecule has 5 fully saturated rings. The smallest absolute Gasteiger partial charge is 0.254 e. The van der Waals surface area contributed by atoms with Crippen molar-refractivity contribution >= 4 is 17.5 Å². The van der Waals surface area contributed by atoms with Crippen molar-refractivity contribution in [2.75, 3.05) is 0 Å². The van der Waals surface area contributed by atoms with Crippen LogP contribution in [0.3, 0.4) is 0 Å². The zero-order valence-electron chi connectivity index (χ0n) is 13.7. The van der Waals surface area contributed by atoms with Gasteiger partial charge in [0, 0.05) is 18.2 Å². The van der Waals surface area contributed by atoms with E-state index in [-0.39, 0.29) is 11.9 Å².